The van der Waals surface area contributed by atoms with E-state index in [9.17, 15) is 4.79 Å². The molecule has 0 radical (unpaired) electrons. The Hall–Kier alpha value is -2.11. The van der Waals surface area contributed by atoms with Crippen LogP contribution in [0, 0.1) is 5.92 Å². The van der Waals surface area contributed by atoms with Crippen LogP contribution >= 0.6 is 0 Å². The van der Waals surface area contributed by atoms with Crippen molar-refractivity contribution in [3.8, 4) is 0 Å². The first-order chi connectivity index (χ1) is 8.60. The van der Waals surface area contributed by atoms with Crippen molar-refractivity contribution in [2.75, 3.05) is 6.54 Å². The first-order valence-corrected chi connectivity index (χ1v) is 5.76. The second kappa shape index (κ2) is 6.58. The summed E-state index contributed by atoms with van der Waals surface area (Å²) < 4.78 is 0. The normalized spacial score (nSPS) is 13.1. The van der Waals surface area contributed by atoms with E-state index in [1.807, 2.05) is 25.1 Å². The Bertz CT molecular complexity index is 419. The van der Waals surface area contributed by atoms with E-state index in [0.29, 0.717) is 13.1 Å². The molecule has 0 bridgehead atoms. The van der Waals surface area contributed by atoms with Gasteiger partial charge in [-0.15, -0.1) is 0 Å². The lowest BCUT2D eigenvalue weighted by molar-refractivity contribution is -0.133. The molecule has 1 aromatic heterocycles. The molecule has 0 fully saturated rings. The molecule has 1 heterocycles. The first kappa shape index (κ1) is 14.0. The largest absolute Gasteiger partial charge is 0.409 e. The summed E-state index contributed by atoms with van der Waals surface area (Å²) in [7, 11) is 0. The van der Waals surface area contributed by atoms with Crippen molar-refractivity contribution in [3.63, 3.8) is 0 Å². The lowest BCUT2D eigenvalue weighted by Gasteiger charge is -2.23. The fourth-order valence-electron chi connectivity index (χ4n) is 1.52. The van der Waals surface area contributed by atoms with Crippen LogP contribution in [0.15, 0.2) is 29.6 Å². The molecule has 3 N–H and O–H groups in total. The highest BCUT2D eigenvalue weighted by atomic mass is 16.4. The van der Waals surface area contributed by atoms with Crippen LogP contribution < -0.4 is 5.73 Å². The molecule has 1 amide bonds. The van der Waals surface area contributed by atoms with E-state index in [1.54, 1.807) is 18.0 Å². The number of rotatable bonds is 5. The number of pyridine rings is 1. The Balaban J connectivity index is 2.75. The monoisotopic (exact) mass is 250 g/mol. The molecular weight excluding hydrogens is 232 g/mol. The quantitative estimate of drug-likeness (QED) is 0.350. The zero-order valence-corrected chi connectivity index (χ0v) is 10.6. The molecule has 0 aliphatic carbocycles. The van der Waals surface area contributed by atoms with Crippen LogP contribution in [-0.4, -0.2) is 33.4 Å². The van der Waals surface area contributed by atoms with E-state index >= 15 is 0 Å². The number of nitrogens with zero attached hydrogens (tertiary/aromatic N) is 3. The smallest absolute Gasteiger partial charge is 0.233 e. The molecule has 6 heteroatoms. The Morgan fingerprint density at radius 3 is 2.83 bits per heavy atom. The topological polar surface area (TPSA) is 91.8 Å². The number of aromatic nitrogens is 1. The van der Waals surface area contributed by atoms with Crippen molar-refractivity contribution in [2.45, 2.75) is 20.4 Å². The Labute approximate surface area is 106 Å². The lowest BCUT2D eigenvalue weighted by atomic mass is 10.1. The van der Waals surface area contributed by atoms with Gasteiger partial charge >= 0.3 is 0 Å². The van der Waals surface area contributed by atoms with Gasteiger partial charge in [0.1, 0.15) is 0 Å². The Morgan fingerprint density at radius 1 is 1.61 bits per heavy atom. The van der Waals surface area contributed by atoms with E-state index in [0.717, 1.165) is 5.69 Å². The molecule has 1 atom stereocenters. The highest BCUT2D eigenvalue weighted by molar-refractivity contribution is 6.01. The van der Waals surface area contributed by atoms with Gasteiger partial charge in [0.05, 0.1) is 18.2 Å². The van der Waals surface area contributed by atoms with Crippen LogP contribution in [0.2, 0.25) is 0 Å². The van der Waals surface area contributed by atoms with E-state index in [-0.39, 0.29) is 11.7 Å². The van der Waals surface area contributed by atoms with Gasteiger partial charge in [0.25, 0.3) is 0 Å². The minimum absolute atomic E-state index is 0.0838. The zero-order chi connectivity index (χ0) is 13.5. The number of carbonyl (C=O) groups excluding carboxylic acids is 1. The maximum Gasteiger partial charge on any atom is 0.233 e. The van der Waals surface area contributed by atoms with Crippen LogP contribution in [0.4, 0.5) is 0 Å². The number of nitrogens with two attached hydrogens (primary N) is 1. The molecule has 98 valence electrons. The molecule has 1 aromatic rings. The number of hydrogen-bond donors (Lipinski definition) is 2. The van der Waals surface area contributed by atoms with Crippen molar-refractivity contribution < 1.29 is 10.0 Å². The molecule has 18 heavy (non-hydrogen) atoms. The minimum atomic E-state index is -0.640. The van der Waals surface area contributed by atoms with Gasteiger partial charge < -0.3 is 15.8 Å². The molecule has 0 aromatic carbocycles. The molecule has 0 aliphatic rings. The number of amides is 1. The number of hydrogen-bond acceptors (Lipinski definition) is 4. The maximum atomic E-state index is 12.1. The fraction of sp³-hybridized carbons (Fsp3) is 0.417. The van der Waals surface area contributed by atoms with Crippen LogP contribution in [0.1, 0.15) is 19.5 Å². The number of carbonyl (C=O) groups is 1. The molecule has 1 rings (SSSR count). The minimum Gasteiger partial charge on any atom is -0.409 e. The van der Waals surface area contributed by atoms with Gasteiger partial charge in [0.2, 0.25) is 5.91 Å². The third-order valence-electron chi connectivity index (χ3n) is 2.70. The van der Waals surface area contributed by atoms with E-state index < -0.39 is 5.92 Å². The van der Waals surface area contributed by atoms with E-state index in [1.165, 1.54) is 0 Å². The van der Waals surface area contributed by atoms with Gasteiger partial charge in [-0.2, -0.15) is 0 Å². The van der Waals surface area contributed by atoms with Crippen LogP contribution in [0.5, 0.6) is 0 Å². The average Bonchev–Trinajstić information content (AvgIpc) is 2.43. The standard InChI is InChI=1S/C12H18N4O2/c1-3-16(8-10-6-4-5-7-14-10)12(17)9(2)11(13)15-18/h4-7,9,18H,3,8H2,1-2H3,(H2,13,15). The van der Waals surface area contributed by atoms with Crippen molar-refractivity contribution in [1.29, 1.82) is 0 Å². The predicted molar refractivity (Wildman–Crippen MR) is 67.9 cm³/mol. The van der Waals surface area contributed by atoms with E-state index in [4.69, 9.17) is 10.9 Å². The molecule has 6 nitrogen and oxygen atoms in total. The third-order valence-corrected chi connectivity index (χ3v) is 2.70. The van der Waals surface area contributed by atoms with E-state index in [2.05, 4.69) is 10.1 Å². The highest BCUT2D eigenvalue weighted by Crippen LogP contribution is 2.07. The molecular formula is C12H18N4O2. The highest BCUT2D eigenvalue weighted by Gasteiger charge is 2.23. The number of oxime groups is 1. The van der Waals surface area contributed by atoms with Gasteiger partial charge in [-0.25, -0.2) is 0 Å². The van der Waals surface area contributed by atoms with Gasteiger partial charge in [0.15, 0.2) is 5.84 Å². The summed E-state index contributed by atoms with van der Waals surface area (Å²) in [6.07, 6.45) is 1.68. The Morgan fingerprint density at radius 2 is 2.33 bits per heavy atom. The molecule has 0 saturated heterocycles. The summed E-state index contributed by atoms with van der Waals surface area (Å²) in [6.45, 7) is 4.44. The third kappa shape index (κ3) is 3.44. The molecule has 0 spiro atoms. The second-order valence-electron chi connectivity index (χ2n) is 3.92. The summed E-state index contributed by atoms with van der Waals surface area (Å²) in [6, 6.07) is 5.54. The average molecular weight is 250 g/mol. The van der Waals surface area contributed by atoms with Gasteiger partial charge in [-0.05, 0) is 26.0 Å². The predicted octanol–water partition coefficient (Wildman–Crippen LogP) is 0.813. The first-order valence-electron chi connectivity index (χ1n) is 5.76. The summed E-state index contributed by atoms with van der Waals surface area (Å²) in [5.74, 6) is -0.906. The maximum absolute atomic E-state index is 12.1. The van der Waals surface area contributed by atoms with Gasteiger partial charge in [-0.1, -0.05) is 11.2 Å². The molecule has 0 aliphatic heterocycles. The van der Waals surface area contributed by atoms with Crippen molar-refractivity contribution in [1.82, 2.24) is 9.88 Å². The summed E-state index contributed by atoms with van der Waals surface area (Å²) in [5.41, 5.74) is 6.25. The summed E-state index contributed by atoms with van der Waals surface area (Å²) in [4.78, 5) is 17.9. The second-order valence-corrected chi connectivity index (χ2v) is 3.92. The van der Waals surface area contributed by atoms with Gasteiger partial charge in [0, 0.05) is 12.7 Å². The molecule has 0 saturated carbocycles. The van der Waals surface area contributed by atoms with Crippen LogP contribution in [-0.2, 0) is 11.3 Å². The van der Waals surface area contributed by atoms with Gasteiger partial charge in [-0.3, -0.25) is 9.78 Å². The van der Waals surface area contributed by atoms with Crippen molar-refractivity contribution >= 4 is 11.7 Å². The Kier molecular flexibility index (Phi) is 5.10. The van der Waals surface area contributed by atoms with Crippen molar-refractivity contribution in [2.24, 2.45) is 16.8 Å². The molecule has 1 unspecified atom stereocenters. The zero-order valence-electron chi connectivity index (χ0n) is 10.6. The van der Waals surface area contributed by atoms with Crippen LogP contribution in [0.3, 0.4) is 0 Å². The summed E-state index contributed by atoms with van der Waals surface area (Å²) in [5, 5.41) is 11.4. The summed E-state index contributed by atoms with van der Waals surface area (Å²) >= 11 is 0. The van der Waals surface area contributed by atoms with Crippen LogP contribution in [0.25, 0.3) is 0 Å². The van der Waals surface area contributed by atoms with Crippen molar-refractivity contribution in [3.05, 3.63) is 30.1 Å². The SMILES string of the molecule is CCN(Cc1ccccn1)C(=O)C(C)C(N)=NO. The fourth-order valence-corrected chi connectivity index (χ4v) is 1.52. The number of amidine groups is 1. The lowest BCUT2D eigenvalue weighted by Crippen LogP contribution is -2.40.